The van der Waals surface area contributed by atoms with Crippen molar-refractivity contribution in [3.8, 4) is 0 Å². The van der Waals surface area contributed by atoms with E-state index in [9.17, 15) is 9.90 Å². The molecule has 0 aromatic carbocycles. The van der Waals surface area contributed by atoms with E-state index in [1.807, 2.05) is 0 Å². The van der Waals surface area contributed by atoms with Gasteiger partial charge in [0.05, 0.1) is 11.5 Å². The van der Waals surface area contributed by atoms with E-state index in [0.29, 0.717) is 0 Å². The van der Waals surface area contributed by atoms with Crippen molar-refractivity contribution in [2.24, 2.45) is 0 Å². The summed E-state index contributed by atoms with van der Waals surface area (Å²) in [6, 6.07) is 0. The average molecular weight is 307 g/mol. The van der Waals surface area contributed by atoms with Gasteiger partial charge in [-0.2, -0.15) is 0 Å². The molecule has 0 bridgehead atoms. The van der Waals surface area contributed by atoms with E-state index in [-0.39, 0.29) is 11.8 Å². The molecule has 2 atom stereocenters. The summed E-state index contributed by atoms with van der Waals surface area (Å²) >= 11 is 6.19. The second kappa shape index (κ2) is 13.7. The third-order valence-corrected chi connectivity index (χ3v) is 4.15. The van der Waals surface area contributed by atoms with E-state index in [0.717, 1.165) is 51.4 Å². The fourth-order valence-corrected chi connectivity index (χ4v) is 2.58. The SMILES string of the molecule is CCCCCCC(Cl)C(O)CCCCCCCC(=O)O. The Morgan fingerprint density at radius 1 is 0.950 bits per heavy atom. The minimum Gasteiger partial charge on any atom is -0.481 e. The first-order valence-corrected chi connectivity index (χ1v) is 8.55. The number of aliphatic carboxylic acids is 1. The molecule has 2 unspecified atom stereocenters. The minimum atomic E-state index is -0.714. The molecule has 0 aliphatic carbocycles. The van der Waals surface area contributed by atoms with Crippen LogP contribution in [0.3, 0.4) is 0 Å². The number of alkyl halides is 1. The Morgan fingerprint density at radius 3 is 2.15 bits per heavy atom. The molecule has 0 rings (SSSR count). The van der Waals surface area contributed by atoms with Crippen molar-refractivity contribution >= 4 is 17.6 Å². The molecule has 2 N–H and O–H groups in total. The summed E-state index contributed by atoms with van der Waals surface area (Å²) in [7, 11) is 0. The highest BCUT2D eigenvalue weighted by atomic mass is 35.5. The predicted molar refractivity (Wildman–Crippen MR) is 84.4 cm³/mol. The normalized spacial score (nSPS) is 14.2. The van der Waals surface area contributed by atoms with E-state index in [1.165, 1.54) is 19.3 Å². The topological polar surface area (TPSA) is 57.5 Å². The largest absolute Gasteiger partial charge is 0.481 e. The fraction of sp³-hybridized carbons (Fsp3) is 0.938. The highest BCUT2D eigenvalue weighted by Crippen LogP contribution is 2.18. The van der Waals surface area contributed by atoms with Crippen LogP contribution in [-0.2, 0) is 4.79 Å². The van der Waals surface area contributed by atoms with Crippen molar-refractivity contribution < 1.29 is 15.0 Å². The lowest BCUT2D eigenvalue weighted by Gasteiger charge is -2.16. The zero-order chi connectivity index (χ0) is 15.2. The van der Waals surface area contributed by atoms with Crippen molar-refractivity contribution in [3.63, 3.8) is 0 Å². The van der Waals surface area contributed by atoms with E-state index >= 15 is 0 Å². The molecule has 0 saturated heterocycles. The smallest absolute Gasteiger partial charge is 0.303 e. The Balaban J connectivity index is 3.38. The molecule has 0 radical (unpaired) electrons. The Bertz CT molecular complexity index is 234. The molecular weight excluding hydrogens is 276 g/mol. The van der Waals surface area contributed by atoms with Crippen molar-refractivity contribution in [1.82, 2.24) is 0 Å². The van der Waals surface area contributed by atoms with Crippen LogP contribution < -0.4 is 0 Å². The van der Waals surface area contributed by atoms with Gasteiger partial charge in [-0.25, -0.2) is 0 Å². The summed E-state index contributed by atoms with van der Waals surface area (Å²) in [4.78, 5) is 10.3. The summed E-state index contributed by atoms with van der Waals surface area (Å²) < 4.78 is 0. The van der Waals surface area contributed by atoms with Crippen molar-refractivity contribution in [2.75, 3.05) is 0 Å². The van der Waals surface area contributed by atoms with Gasteiger partial charge in [0, 0.05) is 6.42 Å². The summed E-state index contributed by atoms with van der Waals surface area (Å²) in [5.74, 6) is -0.714. The van der Waals surface area contributed by atoms with Gasteiger partial charge in [0.25, 0.3) is 0 Å². The monoisotopic (exact) mass is 306 g/mol. The third-order valence-electron chi connectivity index (χ3n) is 3.64. The molecule has 0 aliphatic rings. The molecule has 120 valence electrons. The first-order chi connectivity index (χ1) is 9.57. The molecule has 0 amide bonds. The molecule has 20 heavy (non-hydrogen) atoms. The third kappa shape index (κ3) is 12.7. The van der Waals surface area contributed by atoms with Crippen LogP contribution in [0.4, 0.5) is 0 Å². The van der Waals surface area contributed by atoms with Gasteiger partial charge in [0.2, 0.25) is 0 Å². The molecule has 0 spiro atoms. The van der Waals surface area contributed by atoms with Gasteiger partial charge in [-0.15, -0.1) is 11.6 Å². The molecular formula is C16H31ClO3. The number of aliphatic hydroxyl groups is 1. The summed E-state index contributed by atoms with van der Waals surface area (Å²) in [5, 5.41) is 18.3. The van der Waals surface area contributed by atoms with Gasteiger partial charge in [-0.05, 0) is 19.3 Å². The van der Waals surface area contributed by atoms with Crippen LogP contribution in [0.1, 0.15) is 84.0 Å². The van der Waals surface area contributed by atoms with Gasteiger partial charge < -0.3 is 10.2 Å². The van der Waals surface area contributed by atoms with Gasteiger partial charge in [-0.3, -0.25) is 4.79 Å². The molecule has 0 fully saturated rings. The summed E-state index contributed by atoms with van der Waals surface area (Å²) in [5.41, 5.74) is 0. The van der Waals surface area contributed by atoms with Gasteiger partial charge in [0.1, 0.15) is 0 Å². The van der Waals surface area contributed by atoms with Crippen LogP contribution in [0.15, 0.2) is 0 Å². The molecule has 0 aromatic heterocycles. The highest BCUT2D eigenvalue weighted by Gasteiger charge is 2.15. The maximum Gasteiger partial charge on any atom is 0.303 e. The number of unbranched alkanes of at least 4 members (excludes halogenated alkanes) is 7. The number of carboxylic acids is 1. The summed E-state index contributed by atoms with van der Waals surface area (Å²) in [6.07, 6.45) is 11.1. The zero-order valence-corrected chi connectivity index (χ0v) is 13.6. The van der Waals surface area contributed by atoms with E-state index in [2.05, 4.69) is 6.92 Å². The number of halogens is 1. The molecule has 0 aromatic rings. The predicted octanol–water partition coefficient (Wildman–Crippen LogP) is 4.74. The second-order valence-electron chi connectivity index (χ2n) is 5.63. The molecule has 4 heteroatoms. The van der Waals surface area contributed by atoms with Crippen LogP contribution in [0.2, 0.25) is 0 Å². The Labute approximate surface area is 128 Å². The maximum absolute atomic E-state index is 10.3. The number of carbonyl (C=O) groups is 1. The lowest BCUT2D eigenvalue weighted by molar-refractivity contribution is -0.137. The number of hydrogen-bond donors (Lipinski definition) is 2. The van der Waals surface area contributed by atoms with Gasteiger partial charge in [0.15, 0.2) is 0 Å². The first kappa shape index (κ1) is 19.7. The quantitative estimate of drug-likeness (QED) is 0.360. The van der Waals surface area contributed by atoms with E-state index in [1.54, 1.807) is 0 Å². The van der Waals surface area contributed by atoms with Crippen molar-refractivity contribution in [1.29, 1.82) is 0 Å². The molecule has 0 heterocycles. The van der Waals surface area contributed by atoms with Crippen LogP contribution >= 0.6 is 11.6 Å². The number of rotatable bonds is 14. The van der Waals surface area contributed by atoms with E-state index in [4.69, 9.17) is 16.7 Å². The molecule has 0 saturated carbocycles. The van der Waals surface area contributed by atoms with Crippen LogP contribution in [0.25, 0.3) is 0 Å². The fourth-order valence-electron chi connectivity index (χ4n) is 2.30. The van der Waals surface area contributed by atoms with Gasteiger partial charge >= 0.3 is 5.97 Å². The summed E-state index contributed by atoms with van der Waals surface area (Å²) in [6.45, 7) is 2.18. The Kier molecular flexibility index (Phi) is 13.5. The standard InChI is InChI=1S/C16H31ClO3/c1-2-3-4-8-11-14(17)15(18)12-9-6-5-7-10-13-16(19)20/h14-15,18H,2-13H2,1H3,(H,19,20). The van der Waals surface area contributed by atoms with Crippen molar-refractivity contribution in [3.05, 3.63) is 0 Å². The molecule has 3 nitrogen and oxygen atoms in total. The minimum absolute atomic E-state index is 0.112. The first-order valence-electron chi connectivity index (χ1n) is 8.11. The molecule has 0 aliphatic heterocycles. The van der Waals surface area contributed by atoms with Crippen molar-refractivity contribution in [2.45, 2.75) is 95.5 Å². The van der Waals surface area contributed by atoms with Crippen LogP contribution in [-0.4, -0.2) is 27.7 Å². The van der Waals surface area contributed by atoms with Crippen LogP contribution in [0, 0.1) is 0 Å². The van der Waals surface area contributed by atoms with Crippen LogP contribution in [0.5, 0.6) is 0 Å². The Hall–Kier alpha value is -0.280. The number of carboxylic acid groups (broad SMARTS) is 1. The average Bonchev–Trinajstić information content (AvgIpc) is 2.41. The lowest BCUT2D eigenvalue weighted by Crippen LogP contribution is -2.20. The lowest BCUT2D eigenvalue weighted by atomic mass is 10.0. The highest BCUT2D eigenvalue weighted by molar-refractivity contribution is 6.21. The Morgan fingerprint density at radius 2 is 1.50 bits per heavy atom. The number of aliphatic hydroxyl groups excluding tert-OH is 1. The zero-order valence-electron chi connectivity index (χ0n) is 12.8. The second-order valence-corrected chi connectivity index (χ2v) is 6.19. The maximum atomic E-state index is 10.3. The number of hydrogen-bond acceptors (Lipinski definition) is 2. The van der Waals surface area contributed by atoms with E-state index < -0.39 is 12.1 Å². The van der Waals surface area contributed by atoms with Gasteiger partial charge in [-0.1, -0.05) is 58.3 Å².